The molecule has 11 nitrogen and oxygen atoms in total. The van der Waals surface area contributed by atoms with Crippen LogP contribution >= 0.6 is 0 Å². The van der Waals surface area contributed by atoms with Gasteiger partial charge < -0.3 is 20.3 Å². The number of nitrogens with one attached hydrogen (secondary N) is 2. The molecule has 0 atom stereocenters. The van der Waals surface area contributed by atoms with Gasteiger partial charge in [-0.3, -0.25) is 19.2 Å². The number of carbonyl (C=O) groups excluding carboxylic acids is 3. The number of ether oxygens (including phenoxy) is 1. The third kappa shape index (κ3) is 7.86. The summed E-state index contributed by atoms with van der Waals surface area (Å²) < 4.78 is 47.1. The number of alkyl halides is 3. The summed E-state index contributed by atoms with van der Waals surface area (Å²) in [7, 11) is 0. The molecule has 47 heavy (non-hydrogen) atoms. The summed E-state index contributed by atoms with van der Waals surface area (Å²) in [5, 5.41) is 11.0. The molecule has 0 radical (unpaired) electrons. The highest BCUT2D eigenvalue weighted by atomic mass is 19.4. The molecule has 14 heteroatoms. The van der Waals surface area contributed by atoms with Crippen LogP contribution < -0.4 is 10.6 Å². The smallest absolute Gasteiger partial charge is 0.433 e. The number of hydrogen-bond acceptors (Lipinski definition) is 7. The van der Waals surface area contributed by atoms with E-state index in [9.17, 15) is 27.6 Å². The van der Waals surface area contributed by atoms with E-state index in [1.165, 1.54) is 6.07 Å². The van der Waals surface area contributed by atoms with Gasteiger partial charge in [0.05, 0.1) is 22.8 Å². The second-order valence-electron chi connectivity index (χ2n) is 13.6. The van der Waals surface area contributed by atoms with Gasteiger partial charge in [-0.1, -0.05) is 6.07 Å². The Hall–Kier alpha value is -4.20. The zero-order chi connectivity index (χ0) is 33.5. The predicted molar refractivity (Wildman–Crippen MR) is 168 cm³/mol. The quantitative estimate of drug-likeness (QED) is 0.353. The number of carbonyl (C=O) groups is 3. The molecule has 3 aliphatic rings. The first kappa shape index (κ1) is 32.7. The number of piperazine rings is 1. The number of pyridine rings is 1. The number of amides is 3. The van der Waals surface area contributed by atoms with Gasteiger partial charge >= 0.3 is 12.3 Å². The number of anilines is 1. The molecule has 0 unspecified atom stereocenters. The Kier molecular flexibility index (Phi) is 8.90. The van der Waals surface area contributed by atoms with Crippen LogP contribution in [0.3, 0.4) is 0 Å². The summed E-state index contributed by atoms with van der Waals surface area (Å²) in [6.07, 6.45) is 2.42. The number of aromatic nitrogens is 3. The van der Waals surface area contributed by atoms with Gasteiger partial charge in [-0.2, -0.15) is 18.3 Å². The fourth-order valence-corrected chi connectivity index (χ4v) is 6.25. The minimum atomic E-state index is -4.70. The van der Waals surface area contributed by atoms with E-state index in [1.54, 1.807) is 17.0 Å². The molecule has 2 aliphatic carbocycles. The van der Waals surface area contributed by atoms with Gasteiger partial charge in [-0.05, 0) is 83.6 Å². The van der Waals surface area contributed by atoms with Crippen molar-refractivity contribution < 1.29 is 32.3 Å². The Bertz CT molecular complexity index is 1650. The molecule has 2 aromatic heterocycles. The molecule has 3 fully saturated rings. The van der Waals surface area contributed by atoms with Gasteiger partial charge in [-0.15, -0.1) is 0 Å². The van der Waals surface area contributed by atoms with E-state index in [-0.39, 0.29) is 35.3 Å². The Balaban J connectivity index is 1.14. The third-order valence-corrected chi connectivity index (χ3v) is 8.86. The van der Waals surface area contributed by atoms with Gasteiger partial charge in [0, 0.05) is 49.8 Å². The monoisotopic (exact) mass is 655 g/mol. The molecule has 3 aromatic rings. The molecule has 0 spiro atoms. The van der Waals surface area contributed by atoms with E-state index in [4.69, 9.17) is 9.84 Å². The van der Waals surface area contributed by atoms with Crippen LogP contribution in [0.4, 0.5) is 23.7 Å². The predicted octanol–water partition coefficient (Wildman–Crippen LogP) is 5.63. The van der Waals surface area contributed by atoms with Crippen molar-refractivity contribution in [2.45, 2.75) is 89.2 Å². The summed E-state index contributed by atoms with van der Waals surface area (Å²) in [6, 6.07) is 7.00. The van der Waals surface area contributed by atoms with Gasteiger partial charge in [0.1, 0.15) is 17.0 Å². The van der Waals surface area contributed by atoms with Crippen LogP contribution in [0.5, 0.6) is 0 Å². The Labute approximate surface area is 270 Å². The Morgan fingerprint density at radius 2 is 1.57 bits per heavy atom. The molecular formula is C33H40F3N7O4. The lowest BCUT2D eigenvalue weighted by molar-refractivity contribution is -0.141. The lowest BCUT2D eigenvalue weighted by atomic mass is 9.90. The molecule has 1 aromatic carbocycles. The molecule has 1 saturated heterocycles. The lowest BCUT2D eigenvalue weighted by Crippen LogP contribution is -2.53. The normalized spacial score (nSPS) is 21.0. The van der Waals surface area contributed by atoms with E-state index in [0.29, 0.717) is 30.0 Å². The van der Waals surface area contributed by atoms with Gasteiger partial charge in [0.2, 0.25) is 0 Å². The number of fused-ring (bicyclic) bond motifs is 1. The molecule has 2 N–H and O–H groups in total. The largest absolute Gasteiger partial charge is 0.444 e. The van der Waals surface area contributed by atoms with Gasteiger partial charge in [0.25, 0.3) is 11.8 Å². The van der Waals surface area contributed by atoms with Crippen LogP contribution in [-0.2, 0) is 10.9 Å². The number of nitrogens with zero attached hydrogens (tertiary/aromatic N) is 5. The van der Waals surface area contributed by atoms with Crippen molar-refractivity contribution in [1.29, 1.82) is 0 Å². The van der Waals surface area contributed by atoms with E-state index in [1.807, 2.05) is 31.6 Å². The third-order valence-electron chi connectivity index (χ3n) is 8.86. The first-order valence-electron chi connectivity index (χ1n) is 16.1. The molecule has 2 saturated carbocycles. The zero-order valence-electron chi connectivity index (χ0n) is 26.8. The van der Waals surface area contributed by atoms with Crippen LogP contribution in [0.2, 0.25) is 0 Å². The second kappa shape index (κ2) is 12.8. The first-order valence-corrected chi connectivity index (χ1v) is 16.1. The van der Waals surface area contributed by atoms with E-state index in [2.05, 4.69) is 20.5 Å². The molecular weight excluding hydrogens is 615 g/mol. The topological polar surface area (TPSA) is 122 Å². The minimum absolute atomic E-state index is 0.0555. The Morgan fingerprint density at radius 1 is 0.894 bits per heavy atom. The Morgan fingerprint density at radius 3 is 2.21 bits per heavy atom. The molecule has 3 heterocycles. The highest BCUT2D eigenvalue weighted by Crippen LogP contribution is 2.34. The lowest BCUT2D eigenvalue weighted by Gasteiger charge is -2.42. The van der Waals surface area contributed by atoms with Crippen molar-refractivity contribution in [2.75, 3.05) is 31.5 Å². The maximum absolute atomic E-state index is 13.2. The van der Waals surface area contributed by atoms with Crippen LogP contribution in [0.25, 0.3) is 10.9 Å². The van der Waals surface area contributed by atoms with E-state index < -0.39 is 29.1 Å². The van der Waals surface area contributed by atoms with E-state index >= 15 is 0 Å². The number of rotatable bonds is 6. The van der Waals surface area contributed by atoms with Crippen molar-refractivity contribution in [3.63, 3.8) is 0 Å². The van der Waals surface area contributed by atoms with Gasteiger partial charge in [0.15, 0.2) is 0 Å². The highest BCUT2D eigenvalue weighted by Gasteiger charge is 2.34. The van der Waals surface area contributed by atoms with Crippen LogP contribution in [0.15, 0.2) is 36.5 Å². The van der Waals surface area contributed by atoms with E-state index in [0.717, 1.165) is 63.7 Å². The molecule has 6 rings (SSSR count). The van der Waals surface area contributed by atoms with Crippen LogP contribution in [-0.4, -0.2) is 86.3 Å². The average Bonchev–Trinajstić information content (AvgIpc) is 3.74. The van der Waals surface area contributed by atoms with Crippen molar-refractivity contribution >= 4 is 34.5 Å². The molecule has 252 valence electrons. The minimum Gasteiger partial charge on any atom is -0.444 e. The maximum Gasteiger partial charge on any atom is 0.433 e. The zero-order valence-corrected chi connectivity index (χ0v) is 26.8. The highest BCUT2D eigenvalue weighted by molar-refractivity contribution is 6.10. The second-order valence-corrected chi connectivity index (χ2v) is 13.6. The van der Waals surface area contributed by atoms with Crippen molar-refractivity contribution in [3.05, 3.63) is 53.5 Å². The maximum atomic E-state index is 13.2. The standard InChI is InChI=1S/C33H40F3N7O4/c1-32(2,3)47-31(46)42-15-13-41(14-16-42)22-9-11-23(12-10-22)43-19-20-17-27(24(18-26(20)40-43)29(44)37-21-7-8-21)39-30(45)25-5-4-6-28(38-25)33(34,35)36/h4-6,17-19,21-23H,7-16H2,1-3H3,(H,37,44)(H,39,45)/t22-,23-. The average molecular weight is 656 g/mol. The summed E-state index contributed by atoms with van der Waals surface area (Å²) >= 11 is 0. The SMILES string of the molecule is CC(C)(C)OC(=O)N1CCN([C@H]2CC[C@H](n3cc4cc(NC(=O)c5cccc(C(F)(F)F)n5)c(C(=O)NC5CC5)cc4n3)CC2)CC1. The first-order chi connectivity index (χ1) is 22.2. The van der Waals surface area contributed by atoms with Crippen molar-refractivity contribution in [1.82, 2.24) is 29.9 Å². The summed E-state index contributed by atoms with van der Waals surface area (Å²) in [5.74, 6) is -1.24. The molecule has 3 amide bonds. The van der Waals surface area contributed by atoms with Crippen molar-refractivity contribution in [2.24, 2.45) is 0 Å². The number of hydrogen-bond donors (Lipinski definition) is 2. The molecule has 0 bridgehead atoms. The molecule has 1 aliphatic heterocycles. The fourth-order valence-electron chi connectivity index (χ4n) is 6.25. The number of halogens is 3. The fraction of sp³-hybridized carbons (Fsp3) is 0.545. The summed E-state index contributed by atoms with van der Waals surface area (Å²) in [4.78, 5) is 46.4. The van der Waals surface area contributed by atoms with Gasteiger partial charge in [-0.25, -0.2) is 9.78 Å². The summed E-state index contributed by atoms with van der Waals surface area (Å²) in [5.41, 5.74) is -1.16. The van der Waals surface area contributed by atoms with Crippen LogP contribution in [0.1, 0.15) is 91.9 Å². The van der Waals surface area contributed by atoms with Crippen LogP contribution in [0, 0.1) is 0 Å². The van der Waals surface area contributed by atoms with Crippen molar-refractivity contribution in [3.8, 4) is 0 Å². The number of benzene rings is 1. The summed E-state index contributed by atoms with van der Waals surface area (Å²) in [6.45, 7) is 8.48.